The lowest BCUT2D eigenvalue weighted by atomic mass is 10.2. The van der Waals surface area contributed by atoms with E-state index >= 15 is 0 Å². The summed E-state index contributed by atoms with van der Waals surface area (Å²) in [6.45, 7) is 2.66. The minimum Gasteiger partial charge on any atom is -0.494 e. The SMILES string of the molecule is COc1ccc(C)cc1N=C1SCCCN1C(=O)/C=C/c1ccco1. The number of hydrogen-bond acceptors (Lipinski definition) is 5. The van der Waals surface area contributed by atoms with Gasteiger partial charge in [-0.2, -0.15) is 0 Å². The molecule has 130 valence electrons. The molecule has 0 aliphatic carbocycles. The Morgan fingerprint density at radius 1 is 1.40 bits per heavy atom. The van der Waals surface area contributed by atoms with Crippen LogP contribution in [0.25, 0.3) is 6.08 Å². The van der Waals surface area contributed by atoms with Gasteiger partial charge in [0.05, 0.1) is 13.4 Å². The van der Waals surface area contributed by atoms with Crippen LogP contribution in [0, 0.1) is 6.92 Å². The standard InChI is InChI=1S/C19H20N2O3S/c1-14-6-8-17(23-2)16(13-14)20-19-21(10-4-12-25-19)18(22)9-7-15-5-3-11-24-15/h3,5-9,11,13H,4,10,12H2,1-2H3/b9-7+,20-19?. The van der Waals surface area contributed by atoms with E-state index in [0.717, 1.165) is 23.4 Å². The van der Waals surface area contributed by atoms with E-state index in [9.17, 15) is 4.79 Å². The van der Waals surface area contributed by atoms with Gasteiger partial charge >= 0.3 is 0 Å². The summed E-state index contributed by atoms with van der Waals surface area (Å²) in [5.41, 5.74) is 1.83. The Labute approximate surface area is 151 Å². The Bertz CT molecular complexity index is 797. The number of methoxy groups -OCH3 is 1. The smallest absolute Gasteiger partial charge is 0.252 e. The number of carbonyl (C=O) groups excluding carboxylic acids is 1. The summed E-state index contributed by atoms with van der Waals surface area (Å²) in [6.07, 6.45) is 5.72. The zero-order valence-electron chi connectivity index (χ0n) is 14.3. The number of carbonyl (C=O) groups is 1. The van der Waals surface area contributed by atoms with Crippen molar-refractivity contribution in [2.75, 3.05) is 19.4 Å². The van der Waals surface area contributed by atoms with Crippen LogP contribution in [-0.4, -0.2) is 35.4 Å². The molecule has 1 amide bonds. The lowest BCUT2D eigenvalue weighted by molar-refractivity contribution is -0.122. The van der Waals surface area contributed by atoms with Crippen LogP contribution >= 0.6 is 11.8 Å². The van der Waals surface area contributed by atoms with Crippen LogP contribution in [0.3, 0.4) is 0 Å². The van der Waals surface area contributed by atoms with Crippen LogP contribution in [-0.2, 0) is 4.79 Å². The fourth-order valence-electron chi connectivity index (χ4n) is 2.48. The minimum atomic E-state index is -0.103. The first-order valence-electron chi connectivity index (χ1n) is 8.06. The van der Waals surface area contributed by atoms with E-state index in [-0.39, 0.29) is 5.91 Å². The highest BCUT2D eigenvalue weighted by molar-refractivity contribution is 8.13. The maximum absolute atomic E-state index is 12.6. The highest BCUT2D eigenvalue weighted by Gasteiger charge is 2.22. The van der Waals surface area contributed by atoms with Gasteiger partial charge in [0.15, 0.2) is 5.17 Å². The third-order valence-corrected chi connectivity index (χ3v) is 4.80. The second kappa shape index (κ2) is 8.07. The van der Waals surface area contributed by atoms with E-state index in [1.54, 1.807) is 48.2 Å². The first-order chi connectivity index (χ1) is 12.2. The first kappa shape index (κ1) is 17.4. The monoisotopic (exact) mass is 356 g/mol. The van der Waals surface area contributed by atoms with Crippen molar-refractivity contribution < 1.29 is 13.9 Å². The Balaban J connectivity index is 1.85. The van der Waals surface area contributed by atoms with Gasteiger partial charge in [0.1, 0.15) is 17.2 Å². The second-order valence-electron chi connectivity index (χ2n) is 5.61. The summed E-state index contributed by atoms with van der Waals surface area (Å²) in [5.74, 6) is 2.19. The Morgan fingerprint density at radius 2 is 2.28 bits per heavy atom. The molecule has 1 fully saturated rings. The van der Waals surface area contributed by atoms with Crippen molar-refractivity contribution in [1.29, 1.82) is 0 Å². The normalized spacial score (nSPS) is 16.6. The van der Waals surface area contributed by atoms with Crippen LogP contribution in [0.2, 0.25) is 0 Å². The van der Waals surface area contributed by atoms with Crippen LogP contribution in [0.15, 0.2) is 52.1 Å². The molecule has 0 spiro atoms. The van der Waals surface area contributed by atoms with Gasteiger partial charge in [-0.3, -0.25) is 9.69 Å². The molecule has 5 nitrogen and oxygen atoms in total. The topological polar surface area (TPSA) is 55.0 Å². The summed E-state index contributed by atoms with van der Waals surface area (Å²) in [4.78, 5) is 19.0. The van der Waals surface area contributed by atoms with Crippen LogP contribution in [0.5, 0.6) is 5.75 Å². The summed E-state index contributed by atoms with van der Waals surface area (Å²) in [7, 11) is 1.62. The van der Waals surface area contributed by atoms with Crippen molar-refractivity contribution in [2.24, 2.45) is 4.99 Å². The van der Waals surface area contributed by atoms with E-state index in [4.69, 9.17) is 14.1 Å². The second-order valence-corrected chi connectivity index (χ2v) is 6.67. The van der Waals surface area contributed by atoms with Crippen LogP contribution in [0.1, 0.15) is 17.7 Å². The summed E-state index contributed by atoms with van der Waals surface area (Å²) >= 11 is 1.59. The Hall–Kier alpha value is -2.47. The van der Waals surface area contributed by atoms with Gasteiger partial charge in [0, 0.05) is 18.4 Å². The molecule has 1 aliphatic rings. The van der Waals surface area contributed by atoms with E-state index in [1.807, 2.05) is 25.1 Å². The van der Waals surface area contributed by atoms with Gasteiger partial charge in [-0.25, -0.2) is 4.99 Å². The van der Waals surface area contributed by atoms with Crippen molar-refractivity contribution in [3.63, 3.8) is 0 Å². The number of aliphatic imine (C=N–C) groups is 1. The minimum absolute atomic E-state index is 0.103. The summed E-state index contributed by atoms with van der Waals surface area (Å²) in [6, 6.07) is 9.43. The van der Waals surface area contributed by atoms with Gasteiger partial charge in [-0.1, -0.05) is 17.8 Å². The fourth-order valence-corrected chi connectivity index (χ4v) is 3.43. The molecule has 0 atom stereocenters. The summed E-state index contributed by atoms with van der Waals surface area (Å²) < 4.78 is 10.6. The Morgan fingerprint density at radius 3 is 3.04 bits per heavy atom. The van der Waals surface area contributed by atoms with Crippen LogP contribution in [0.4, 0.5) is 5.69 Å². The third kappa shape index (κ3) is 4.33. The number of aryl methyl sites for hydroxylation is 1. The molecule has 0 N–H and O–H groups in total. The van der Waals surface area contributed by atoms with Crippen LogP contribution < -0.4 is 4.74 Å². The maximum atomic E-state index is 12.6. The molecule has 0 bridgehead atoms. The number of furan rings is 1. The quantitative estimate of drug-likeness (QED) is 0.768. The van der Waals surface area contributed by atoms with Crippen molar-refractivity contribution in [3.05, 3.63) is 54.0 Å². The molecular weight excluding hydrogens is 336 g/mol. The number of amidine groups is 1. The lowest BCUT2D eigenvalue weighted by Gasteiger charge is -2.26. The van der Waals surface area contributed by atoms with E-state index < -0.39 is 0 Å². The number of benzene rings is 1. The number of hydrogen-bond donors (Lipinski definition) is 0. The predicted octanol–water partition coefficient (Wildman–Crippen LogP) is 4.26. The molecule has 6 heteroatoms. The number of amides is 1. The molecule has 1 saturated heterocycles. The molecule has 1 aliphatic heterocycles. The van der Waals surface area contributed by atoms with E-state index in [0.29, 0.717) is 23.2 Å². The van der Waals surface area contributed by atoms with E-state index in [2.05, 4.69) is 0 Å². The number of rotatable bonds is 4. The van der Waals surface area contributed by atoms with Gasteiger partial charge in [0.25, 0.3) is 5.91 Å². The molecule has 1 aromatic heterocycles. The van der Waals surface area contributed by atoms with Gasteiger partial charge in [-0.05, 0) is 49.2 Å². The number of nitrogens with zero attached hydrogens (tertiary/aromatic N) is 2. The van der Waals surface area contributed by atoms with Gasteiger partial charge in [-0.15, -0.1) is 0 Å². The molecular formula is C19H20N2O3S. The van der Waals surface area contributed by atoms with Crippen molar-refractivity contribution >= 4 is 34.6 Å². The highest BCUT2D eigenvalue weighted by atomic mass is 32.2. The highest BCUT2D eigenvalue weighted by Crippen LogP contribution is 2.31. The molecule has 2 aromatic rings. The molecule has 1 aromatic carbocycles. The van der Waals surface area contributed by atoms with E-state index in [1.165, 1.54) is 6.08 Å². The lowest BCUT2D eigenvalue weighted by Crippen LogP contribution is -2.38. The van der Waals surface area contributed by atoms with Gasteiger partial charge in [0.2, 0.25) is 0 Å². The molecule has 25 heavy (non-hydrogen) atoms. The third-order valence-electron chi connectivity index (χ3n) is 3.74. The average molecular weight is 356 g/mol. The molecule has 0 saturated carbocycles. The molecule has 2 heterocycles. The zero-order chi connectivity index (χ0) is 17.6. The number of ether oxygens (including phenoxy) is 1. The van der Waals surface area contributed by atoms with Crippen molar-refractivity contribution in [1.82, 2.24) is 4.90 Å². The first-order valence-corrected chi connectivity index (χ1v) is 9.05. The average Bonchev–Trinajstić information content (AvgIpc) is 3.14. The fraction of sp³-hybridized carbons (Fsp3) is 0.263. The summed E-state index contributed by atoms with van der Waals surface area (Å²) in [5, 5.41) is 0.698. The largest absolute Gasteiger partial charge is 0.494 e. The van der Waals surface area contributed by atoms with Gasteiger partial charge < -0.3 is 9.15 Å². The Kier molecular flexibility index (Phi) is 5.60. The number of thioether (sulfide) groups is 1. The molecule has 0 unspecified atom stereocenters. The molecule has 0 radical (unpaired) electrons. The zero-order valence-corrected chi connectivity index (χ0v) is 15.1. The molecule has 3 rings (SSSR count). The van der Waals surface area contributed by atoms with Crippen molar-refractivity contribution in [3.8, 4) is 5.75 Å². The predicted molar refractivity (Wildman–Crippen MR) is 101 cm³/mol. The van der Waals surface area contributed by atoms with Crippen molar-refractivity contribution in [2.45, 2.75) is 13.3 Å². The maximum Gasteiger partial charge on any atom is 0.252 e.